The Morgan fingerprint density at radius 2 is 2.29 bits per heavy atom. The molecule has 4 nitrogen and oxygen atoms in total. The van der Waals surface area contributed by atoms with Gasteiger partial charge in [-0.1, -0.05) is 6.07 Å². The van der Waals surface area contributed by atoms with Gasteiger partial charge in [-0.05, 0) is 24.6 Å². The number of ether oxygens (including phenoxy) is 1. The third-order valence-electron chi connectivity index (χ3n) is 2.74. The molecule has 1 aromatic heterocycles. The van der Waals surface area contributed by atoms with Crippen molar-refractivity contribution in [2.75, 3.05) is 7.11 Å². The molecule has 90 valence electrons. The number of aromatic nitrogens is 2. The Kier molecular flexibility index (Phi) is 3.44. The van der Waals surface area contributed by atoms with E-state index < -0.39 is 0 Å². The number of hydrogen-bond donors (Lipinski definition) is 1. The minimum Gasteiger partial charge on any atom is -0.496 e. The summed E-state index contributed by atoms with van der Waals surface area (Å²) in [4.78, 5) is 4.03. The van der Waals surface area contributed by atoms with Gasteiger partial charge < -0.3 is 15.0 Å². The van der Waals surface area contributed by atoms with Gasteiger partial charge in [0.25, 0.3) is 0 Å². The molecule has 0 fully saturated rings. The number of imidazole rings is 1. The Hall–Kier alpha value is -1.81. The molecule has 0 amide bonds. The highest BCUT2D eigenvalue weighted by molar-refractivity contribution is 5.38. The van der Waals surface area contributed by atoms with Crippen LogP contribution < -0.4 is 10.5 Å². The average molecular weight is 231 g/mol. The van der Waals surface area contributed by atoms with Crippen LogP contribution in [0.5, 0.6) is 5.75 Å². The summed E-state index contributed by atoms with van der Waals surface area (Å²) in [7, 11) is 1.68. The van der Waals surface area contributed by atoms with Crippen LogP contribution >= 0.6 is 0 Å². The first-order valence-corrected chi connectivity index (χ1v) is 5.59. The number of rotatable bonds is 4. The molecular weight excluding hydrogens is 214 g/mol. The summed E-state index contributed by atoms with van der Waals surface area (Å²) in [6.07, 6.45) is 5.48. The molecule has 0 aliphatic rings. The average Bonchev–Trinajstić information content (AvgIpc) is 2.81. The molecule has 17 heavy (non-hydrogen) atoms. The monoisotopic (exact) mass is 231 g/mol. The Morgan fingerprint density at radius 1 is 1.47 bits per heavy atom. The third-order valence-corrected chi connectivity index (χ3v) is 2.74. The molecule has 1 unspecified atom stereocenters. The number of methoxy groups -OCH3 is 1. The molecule has 0 aliphatic heterocycles. The van der Waals surface area contributed by atoms with E-state index in [-0.39, 0.29) is 6.04 Å². The predicted octanol–water partition coefficient (Wildman–Crippen LogP) is 1.96. The van der Waals surface area contributed by atoms with Gasteiger partial charge in [0.15, 0.2) is 0 Å². The molecule has 0 spiro atoms. The normalized spacial score (nSPS) is 12.4. The van der Waals surface area contributed by atoms with Gasteiger partial charge in [-0.15, -0.1) is 0 Å². The zero-order chi connectivity index (χ0) is 12.3. The van der Waals surface area contributed by atoms with Crippen LogP contribution in [0.4, 0.5) is 0 Å². The second-order valence-electron chi connectivity index (χ2n) is 4.09. The fraction of sp³-hybridized carbons (Fsp3) is 0.308. The Balaban J connectivity index is 2.32. The van der Waals surface area contributed by atoms with E-state index in [1.165, 1.54) is 0 Å². The Bertz CT molecular complexity index is 477. The van der Waals surface area contributed by atoms with E-state index in [2.05, 4.69) is 11.1 Å². The maximum atomic E-state index is 5.89. The van der Waals surface area contributed by atoms with Crippen molar-refractivity contribution in [1.29, 1.82) is 0 Å². The number of nitrogens with zero attached hydrogens (tertiary/aromatic N) is 2. The summed E-state index contributed by atoms with van der Waals surface area (Å²) < 4.78 is 7.36. The predicted molar refractivity (Wildman–Crippen MR) is 66.9 cm³/mol. The fourth-order valence-electron chi connectivity index (χ4n) is 1.78. The van der Waals surface area contributed by atoms with Crippen LogP contribution in [-0.4, -0.2) is 16.7 Å². The zero-order valence-electron chi connectivity index (χ0n) is 10.1. The minimum absolute atomic E-state index is 0.0300. The standard InChI is InChI=1S/C13H17N3O/c1-10(14)11-3-4-13(17-2)12(7-11)8-16-6-5-15-9-16/h3-7,9-10H,8,14H2,1-2H3. The van der Waals surface area contributed by atoms with Crippen LogP contribution in [0.1, 0.15) is 24.1 Å². The van der Waals surface area contributed by atoms with Crippen LogP contribution in [0.15, 0.2) is 36.9 Å². The second kappa shape index (κ2) is 5.01. The lowest BCUT2D eigenvalue weighted by atomic mass is 10.0. The molecule has 2 N–H and O–H groups in total. The van der Waals surface area contributed by atoms with Crippen molar-refractivity contribution in [3.8, 4) is 5.75 Å². The lowest BCUT2D eigenvalue weighted by molar-refractivity contribution is 0.408. The van der Waals surface area contributed by atoms with Gasteiger partial charge in [0, 0.05) is 24.0 Å². The maximum Gasteiger partial charge on any atom is 0.123 e. The molecule has 1 heterocycles. The van der Waals surface area contributed by atoms with Crippen molar-refractivity contribution in [2.45, 2.75) is 19.5 Å². The van der Waals surface area contributed by atoms with E-state index in [1.807, 2.05) is 29.8 Å². The van der Waals surface area contributed by atoms with Crippen molar-refractivity contribution in [1.82, 2.24) is 9.55 Å². The van der Waals surface area contributed by atoms with E-state index in [0.717, 1.165) is 23.4 Å². The van der Waals surface area contributed by atoms with Gasteiger partial charge in [-0.25, -0.2) is 4.98 Å². The van der Waals surface area contributed by atoms with Crippen LogP contribution in [0, 0.1) is 0 Å². The maximum absolute atomic E-state index is 5.89. The summed E-state index contributed by atoms with van der Waals surface area (Å²) in [5.41, 5.74) is 8.11. The quantitative estimate of drug-likeness (QED) is 0.875. The van der Waals surface area contributed by atoms with Gasteiger partial charge in [0.1, 0.15) is 5.75 Å². The molecule has 0 aliphatic carbocycles. The highest BCUT2D eigenvalue weighted by Crippen LogP contribution is 2.23. The lowest BCUT2D eigenvalue weighted by Gasteiger charge is -2.13. The highest BCUT2D eigenvalue weighted by Gasteiger charge is 2.07. The minimum atomic E-state index is 0.0300. The molecule has 0 saturated carbocycles. The highest BCUT2D eigenvalue weighted by atomic mass is 16.5. The van der Waals surface area contributed by atoms with E-state index in [9.17, 15) is 0 Å². The van der Waals surface area contributed by atoms with Crippen molar-refractivity contribution in [3.05, 3.63) is 48.0 Å². The van der Waals surface area contributed by atoms with Crippen LogP contribution in [-0.2, 0) is 6.54 Å². The first-order chi connectivity index (χ1) is 8.20. The summed E-state index contributed by atoms with van der Waals surface area (Å²) >= 11 is 0. The summed E-state index contributed by atoms with van der Waals surface area (Å²) in [6, 6.07) is 6.08. The molecule has 2 rings (SSSR count). The molecule has 1 aromatic carbocycles. The summed E-state index contributed by atoms with van der Waals surface area (Å²) in [5.74, 6) is 0.878. The second-order valence-corrected chi connectivity index (χ2v) is 4.09. The molecular formula is C13H17N3O. The SMILES string of the molecule is COc1ccc(C(C)N)cc1Cn1ccnc1. The summed E-state index contributed by atoms with van der Waals surface area (Å²) in [5, 5.41) is 0. The summed E-state index contributed by atoms with van der Waals surface area (Å²) in [6.45, 7) is 2.71. The smallest absolute Gasteiger partial charge is 0.123 e. The first-order valence-electron chi connectivity index (χ1n) is 5.59. The van der Waals surface area contributed by atoms with Gasteiger partial charge >= 0.3 is 0 Å². The largest absolute Gasteiger partial charge is 0.496 e. The number of benzene rings is 1. The Morgan fingerprint density at radius 3 is 2.88 bits per heavy atom. The third kappa shape index (κ3) is 2.65. The molecule has 1 atom stereocenters. The van der Waals surface area contributed by atoms with Gasteiger partial charge in [-0.3, -0.25) is 0 Å². The fourth-order valence-corrected chi connectivity index (χ4v) is 1.78. The van der Waals surface area contributed by atoms with Gasteiger partial charge in [0.2, 0.25) is 0 Å². The van der Waals surface area contributed by atoms with E-state index in [1.54, 1.807) is 19.6 Å². The van der Waals surface area contributed by atoms with Crippen LogP contribution in [0.3, 0.4) is 0 Å². The molecule has 2 aromatic rings. The van der Waals surface area contributed by atoms with E-state index in [4.69, 9.17) is 10.5 Å². The molecule has 0 radical (unpaired) electrons. The zero-order valence-corrected chi connectivity index (χ0v) is 10.1. The topological polar surface area (TPSA) is 53.1 Å². The van der Waals surface area contributed by atoms with Crippen molar-refractivity contribution >= 4 is 0 Å². The van der Waals surface area contributed by atoms with Gasteiger partial charge in [0.05, 0.1) is 20.0 Å². The Labute approximate surface area is 101 Å². The molecule has 0 saturated heterocycles. The van der Waals surface area contributed by atoms with Crippen LogP contribution in [0.25, 0.3) is 0 Å². The first kappa shape index (κ1) is 11.7. The number of nitrogens with two attached hydrogens (primary N) is 1. The van der Waals surface area contributed by atoms with Crippen molar-refractivity contribution in [2.24, 2.45) is 5.73 Å². The van der Waals surface area contributed by atoms with E-state index in [0.29, 0.717) is 0 Å². The lowest BCUT2D eigenvalue weighted by Crippen LogP contribution is -2.07. The molecule has 4 heteroatoms. The molecule has 0 bridgehead atoms. The number of hydrogen-bond acceptors (Lipinski definition) is 3. The van der Waals surface area contributed by atoms with Crippen molar-refractivity contribution in [3.63, 3.8) is 0 Å². The van der Waals surface area contributed by atoms with Gasteiger partial charge in [-0.2, -0.15) is 0 Å². The van der Waals surface area contributed by atoms with E-state index >= 15 is 0 Å². The van der Waals surface area contributed by atoms with Crippen molar-refractivity contribution < 1.29 is 4.74 Å². The van der Waals surface area contributed by atoms with Crippen LogP contribution in [0.2, 0.25) is 0 Å².